The molecule has 0 fully saturated rings. The lowest BCUT2D eigenvalue weighted by atomic mass is 10.1. The maximum absolute atomic E-state index is 5.96. The van der Waals surface area contributed by atoms with Crippen LogP contribution in [0.1, 0.15) is 18.9 Å². The maximum atomic E-state index is 5.96. The van der Waals surface area contributed by atoms with Crippen LogP contribution in [0.5, 0.6) is 0 Å². The molecule has 2 N–H and O–H groups in total. The Morgan fingerprint density at radius 3 is 2.42 bits per heavy atom. The second-order valence-corrected chi connectivity index (χ2v) is 4.63. The Labute approximate surface area is 82.1 Å². The zero-order chi connectivity index (χ0) is 9.03. The molecule has 0 amide bonds. The van der Waals surface area contributed by atoms with Crippen molar-refractivity contribution >= 4 is 15.9 Å². The molecular weight excluding hydrogens is 214 g/mol. The first-order chi connectivity index (χ1) is 5.64. The molecule has 0 saturated heterocycles. The van der Waals surface area contributed by atoms with Crippen LogP contribution in [0.4, 0.5) is 0 Å². The van der Waals surface area contributed by atoms with Gasteiger partial charge in [-0.3, -0.25) is 0 Å². The van der Waals surface area contributed by atoms with E-state index in [1.54, 1.807) is 0 Å². The van der Waals surface area contributed by atoms with Crippen molar-refractivity contribution in [2.24, 2.45) is 5.73 Å². The Bertz CT molecular complexity index is 231. The van der Waals surface area contributed by atoms with E-state index >= 15 is 0 Å². The summed E-state index contributed by atoms with van der Waals surface area (Å²) in [5, 5.41) is 0. The van der Waals surface area contributed by atoms with Gasteiger partial charge < -0.3 is 5.73 Å². The quantitative estimate of drug-likeness (QED) is 0.624. The van der Waals surface area contributed by atoms with Crippen molar-refractivity contribution in [2.75, 3.05) is 0 Å². The number of rotatable bonds is 3. The molecule has 0 radical (unpaired) electrons. The Morgan fingerprint density at radius 2 is 1.92 bits per heavy atom. The minimum absolute atomic E-state index is 0.242. The zero-order valence-electron chi connectivity index (χ0n) is 7.26. The molecule has 1 unspecified atom stereocenters. The first kappa shape index (κ1) is 9.75. The van der Waals surface area contributed by atoms with Crippen LogP contribution in [0.2, 0.25) is 0 Å². The number of alkyl halides is 1. The first-order valence-electron chi connectivity index (χ1n) is 4.16. The van der Waals surface area contributed by atoms with E-state index in [2.05, 4.69) is 35.0 Å². The summed E-state index contributed by atoms with van der Waals surface area (Å²) in [5.74, 6) is 0. The summed E-state index contributed by atoms with van der Waals surface area (Å²) in [6, 6.07) is 10.3. The average Bonchev–Trinajstić information content (AvgIpc) is 2.06. The predicted octanol–water partition coefficient (Wildman–Crippen LogP) is 2.69. The van der Waals surface area contributed by atoms with Crippen molar-refractivity contribution in [1.82, 2.24) is 0 Å². The van der Waals surface area contributed by atoms with Gasteiger partial charge in [0.05, 0.1) is 4.45 Å². The van der Waals surface area contributed by atoms with Crippen LogP contribution in [-0.2, 0) is 6.42 Å². The summed E-state index contributed by atoms with van der Waals surface area (Å²) in [4.78, 5) is 0. The van der Waals surface area contributed by atoms with Gasteiger partial charge in [0.1, 0.15) is 0 Å². The topological polar surface area (TPSA) is 26.0 Å². The van der Waals surface area contributed by atoms with Crippen LogP contribution in [0.15, 0.2) is 30.3 Å². The van der Waals surface area contributed by atoms with Crippen LogP contribution in [0, 0.1) is 0 Å². The molecule has 66 valence electrons. The van der Waals surface area contributed by atoms with Crippen molar-refractivity contribution in [3.63, 3.8) is 0 Å². The van der Waals surface area contributed by atoms with Gasteiger partial charge in [-0.1, -0.05) is 53.2 Å². The van der Waals surface area contributed by atoms with E-state index in [9.17, 15) is 0 Å². The SMILES string of the molecule is CCC(N)(Br)Cc1ccccc1. The van der Waals surface area contributed by atoms with Crippen LogP contribution in [-0.4, -0.2) is 4.45 Å². The van der Waals surface area contributed by atoms with Gasteiger partial charge in [0.15, 0.2) is 0 Å². The molecule has 0 heterocycles. The average molecular weight is 228 g/mol. The summed E-state index contributed by atoms with van der Waals surface area (Å²) >= 11 is 3.50. The standard InChI is InChI=1S/C10H14BrN/c1-2-10(11,12)8-9-6-4-3-5-7-9/h3-7H,2,8,12H2,1H3. The van der Waals surface area contributed by atoms with Crippen molar-refractivity contribution in [3.05, 3.63) is 35.9 Å². The zero-order valence-corrected chi connectivity index (χ0v) is 8.84. The number of halogens is 1. The van der Waals surface area contributed by atoms with Crippen molar-refractivity contribution in [2.45, 2.75) is 24.2 Å². The number of hydrogen-bond acceptors (Lipinski definition) is 1. The third-order valence-electron chi connectivity index (χ3n) is 1.93. The van der Waals surface area contributed by atoms with Crippen LogP contribution < -0.4 is 5.73 Å². The fraction of sp³-hybridized carbons (Fsp3) is 0.400. The van der Waals surface area contributed by atoms with Crippen molar-refractivity contribution < 1.29 is 0 Å². The molecule has 0 aliphatic heterocycles. The van der Waals surface area contributed by atoms with E-state index in [1.165, 1.54) is 5.56 Å². The molecule has 0 bridgehead atoms. The lowest BCUT2D eigenvalue weighted by Crippen LogP contribution is -2.33. The second kappa shape index (κ2) is 4.06. The van der Waals surface area contributed by atoms with Crippen LogP contribution in [0.25, 0.3) is 0 Å². The number of benzene rings is 1. The normalized spacial score (nSPS) is 15.6. The van der Waals surface area contributed by atoms with Crippen LogP contribution in [0.3, 0.4) is 0 Å². The van der Waals surface area contributed by atoms with E-state index in [0.29, 0.717) is 0 Å². The molecule has 1 atom stereocenters. The minimum atomic E-state index is -0.242. The Hall–Kier alpha value is -0.340. The van der Waals surface area contributed by atoms with Gasteiger partial charge in [-0.25, -0.2) is 0 Å². The summed E-state index contributed by atoms with van der Waals surface area (Å²) in [7, 11) is 0. The van der Waals surface area contributed by atoms with E-state index in [0.717, 1.165) is 12.8 Å². The predicted molar refractivity (Wildman–Crippen MR) is 56.3 cm³/mol. The van der Waals surface area contributed by atoms with Gasteiger partial charge in [0.2, 0.25) is 0 Å². The molecule has 0 aliphatic carbocycles. The molecule has 0 saturated carbocycles. The number of hydrogen-bond donors (Lipinski definition) is 1. The molecule has 1 aromatic rings. The van der Waals surface area contributed by atoms with E-state index in [4.69, 9.17) is 5.73 Å². The Balaban J connectivity index is 2.64. The van der Waals surface area contributed by atoms with Gasteiger partial charge >= 0.3 is 0 Å². The molecule has 12 heavy (non-hydrogen) atoms. The van der Waals surface area contributed by atoms with Crippen LogP contribution >= 0.6 is 15.9 Å². The Morgan fingerprint density at radius 1 is 1.33 bits per heavy atom. The fourth-order valence-electron chi connectivity index (χ4n) is 1.06. The Kier molecular flexibility index (Phi) is 3.29. The van der Waals surface area contributed by atoms with Crippen molar-refractivity contribution in [1.29, 1.82) is 0 Å². The molecule has 0 aromatic heterocycles. The van der Waals surface area contributed by atoms with Gasteiger partial charge in [-0.2, -0.15) is 0 Å². The molecule has 1 aromatic carbocycles. The summed E-state index contributed by atoms with van der Waals surface area (Å²) in [6.07, 6.45) is 1.81. The second-order valence-electron chi connectivity index (χ2n) is 3.05. The van der Waals surface area contributed by atoms with Crippen molar-refractivity contribution in [3.8, 4) is 0 Å². The lowest BCUT2D eigenvalue weighted by Gasteiger charge is -2.20. The van der Waals surface area contributed by atoms with E-state index in [1.807, 2.05) is 18.2 Å². The fourth-order valence-corrected chi connectivity index (χ4v) is 1.38. The smallest absolute Gasteiger partial charge is 0.0755 e. The summed E-state index contributed by atoms with van der Waals surface area (Å²) in [6.45, 7) is 2.08. The lowest BCUT2D eigenvalue weighted by molar-refractivity contribution is 0.601. The third kappa shape index (κ3) is 2.95. The van der Waals surface area contributed by atoms with Gasteiger partial charge in [-0.15, -0.1) is 0 Å². The highest BCUT2D eigenvalue weighted by Gasteiger charge is 2.17. The van der Waals surface area contributed by atoms with Gasteiger partial charge in [-0.05, 0) is 12.0 Å². The minimum Gasteiger partial charge on any atom is -0.316 e. The van der Waals surface area contributed by atoms with Gasteiger partial charge in [0, 0.05) is 6.42 Å². The maximum Gasteiger partial charge on any atom is 0.0755 e. The van der Waals surface area contributed by atoms with Gasteiger partial charge in [0.25, 0.3) is 0 Å². The molecular formula is C10H14BrN. The summed E-state index contributed by atoms with van der Waals surface area (Å²) < 4.78 is -0.242. The van der Waals surface area contributed by atoms with E-state index in [-0.39, 0.29) is 4.45 Å². The van der Waals surface area contributed by atoms with E-state index < -0.39 is 0 Å². The molecule has 2 heteroatoms. The third-order valence-corrected chi connectivity index (χ3v) is 2.77. The monoisotopic (exact) mass is 227 g/mol. The largest absolute Gasteiger partial charge is 0.316 e. The molecule has 1 nitrogen and oxygen atoms in total. The molecule has 0 spiro atoms. The molecule has 0 aliphatic rings. The molecule has 1 rings (SSSR count). The number of nitrogens with two attached hydrogens (primary N) is 1. The first-order valence-corrected chi connectivity index (χ1v) is 4.95. The highest BCUT2D eigenvalue weighted by molar-refractivity contribution is 9.10. The summed E-state index contributed by atoms with van der Waals surface area (Å²) in [5.41, 5.74) is 7.24. The highest BCUT2D eigenvalue weighted by atomic mass is 79.9. The highest BCUT2D eigenvalue weighted by Crippen LogP contribution is 2.20.